The molecule has 4 rings (SSSR count). The number of rotatable bonds is 0. The molecule has 2 fully saturated rings. The lowest BCUT2D eigenvalue weighted by atomic mass is 9.48. The average Bonchev–Trinajstić information content (AvgIpc) is 2.83. The fraction of sp³-hybridized carbons (Fsp3) is 0.632. The van der Waals surface area contributed by atoms with Gasteiger partial charge in [-0.2, -0.15) is 0 Å². The van der Waals surface area contributed by atoms with E-state index in [1.54, 1.807) is 12.2 Å². The summed E-state index contributed by atoms with van der Waals surface area (Å²) in [6, 6.07) is 0. The minimum atomic E-state index is -0.451. The Hall–Kier alpha value is -1.15. The zero-order valence-corrected chi connectivity index (χ0v) is 12.9. The minimum Gasteiger partial charge on any atom is -0.389 e. The van der Waals surface area contributed by atoms with Crippen molar-refractivity contribution in [3.63, 3.8) is 0 Å². The fourth-order valence-corrected chi connectivity index (χ4v) is 5.73. The number of carbonyl (C=O) groups excluding carboxylic acids is 1. The molecule has 6 atom stereocenters. The third kappa shape index (κ3) is 1.72. The fourth-order valence-electron chi connectivity index (χ4n) is 5.73. The number of aliphatic hydroxyl groups is 1. The van der Waals surface area contributed by atoms with Crippen LogP contribution in [0, 0.1) is 28.6 Å². The Morgan fingerprint density at radius 1 is 1.24 bits per heavy atom. The molecule has 1 unspecified atom stereocenters. The predicted molar refractivity (Wildman–Crippen MR) is 82.5 cm³/mol. The Kier molecular flexibility index (Phi) is 2.70. The second-order valence-electron chi connectivity index (χ2n) is 7.93. The molecular formula is C19H24O2. The van der Waals surface area contributed by atoms with E-state index >= 15 is 0 Å². The largest absolute Gasteiger partial charge is 0.389 e. The Morgan fingerprint density at radius 2 is 2.05 bits per heavy atom. The highest BCUT2D eigenvalue weighted by Crippen LogP contribution is 2.62. The second kappa shape index (κ2) is 4.19. The third-order valence-corrected chi connectivity index (χ3v) is 6.90. The number of ketones is 1. The molecule has 1 N–H and O–H groups in total. The number of carbonyl (C=O) groups is 1. The van der Waals surface area contributed by atoms with Gasteiger partial charge in [-0.05, 0) is 66.6 Å². The van der Waals surface area contributed by atoms with E-state index < -0.39 is 6.10 Å². The maximum Gasteiger partial charge on any atom is 0.178 e. The molecule has 4 aliphatic rings. The van der Waals surface area contributed by atoms with Crippen molar-refractivity contribution in [2.75, 3.05) is 0 Å². The van der Waals surface area contributed by atoms with Crippen molar-refractivity contribution in [3.05, 3.63) is 36.0 Å². The summed E-state index contributed by atoms with van der Waals surface area (Å²) in [6.45, 7) is 4.62. The third-order valence-electron chi connectivity index (χ3n) is 6.90. The zero-order chi connectivity index (χ0) is 14.8. The van der Waals surface area contributed by atoms with E-state index in [0.29, 0.717) is 23.2 Å². The van der Waals surface area contributed by atoms with Crippen LogP contribution in [0.4, 0.5) is 0 Å². The number of aliphatic hydroxyl groups excluding tert-OH is 1. The van der Waals surface area contributed by atoms with Crippen LogP contribution in [0.25, 0.3) is 0 Å². The standard InChI is InChI=1S/C19H24O2/c1-18-7-3-4-14(18)13-11-17(21)16-10-12(20)5-9-19(16,2)15(13)6-8-18/h3,5,7,9-10,13-15,17,21H,4,6,8,11H2,1-2H3/t13-,14-,15-,17?,18-,19+/m0/s1. The van der Waals surface area contributed by atoms with Crippen LogP contribution in [0.3, 0.4) is 0 Å². The van der Waals surface area contributed by atoms with E-state index in [-0.39, 0.29) is 11.2 Å². The molecule has 0 aromatic heterocycles. The summed E-state index contributed by atoms with van der Waals surface area (Å²) in [6.07, 6.45) is 14.2. The molecular weight excluding hydrogens is 260 g/mol. The Balaban J connectivity index is 1.76. The van der Waals surface area contributed by atoms with Crippen LogP contribution >= 0.6 is 0 Å². The van der Waals surface area contributed by atoms with Crippen molar-refractivity contribution in [2.24, 2.45) is 28.6 Å². The summed E-state index contributed by atoms with van der Waals surface area (Å²) in [5, 5.41) is 10.7. The first kappa shape index (κ1) is 13.5. The van der Waals surface area contributed by atoms with Gasteiger partial charge < -0.3 is 5.11 Å². The minimum absolute atomic E-state index is 0.0307. The highest BCUT2D eigenvalue weighted by atomic mass is 16.3. The van der Waals surface area contributed by atoms with Gasteiger partial charge in [-0.3, -0.25) is 4.79 Å². The molecule has 2 nitrogen and oxygen atoms in total. The normalized spacial score (nSPS) is 51.2. The van der Waals surface area contributed by atoms with Gasteiger partial charge in [0.25, 0.3) is 0 Å². The van der Waals surface area contributed by atoms with Gasteiger partial charge in [0.15, 0.2) is 5.78 Å². The lowest BCUT2D eigenvalue weighted by Crippen LogP contribution is -2.52. The molecule has 112 valence electrons. The summed E-state index contributed by atoms with van der Waals surface area (Å²) < 4.78 is 0. The van der Waals surface area contributed by atoms with E-state index in [1.807, 2.05) is 0 Å². The maximum atomic E-state index is 11.7. The van der Waals surface area contributed by atoms with Crippen LogP contribution in [-0.4, -0.2) is 17.0 Å². The van der Waals surface area contributed by atoms with Crippen molar-refractivity contribution >= 4 is 5.78 Å². The smallest absolute Gasteiger partial charge is 0.178 e. The number of hydrogen-bond acceptors (Lipinski definition) is 2. The highest BCUT2D eigenvalue weighted by molar-refractivity contribution is 6.01. The number of allylic oxidation sites excluding steroid dienone is 5. The molecule has 0 spiro atoms. The van der Waals surface area contributed by atoms with Gasteiger partial charge in [-0.25, -0.2) is 0 Å². The molecule has 2 saturated carbocycles. The van der Waals surface area contributed by atoms with E-state index in [2.05, 4.69) is 32.1 Å². The Morgan fingerprint density at radius 3 is 2.86 bits per heavy atom. The van der Waals surface area contributed by atoms with E-state index in [0.717, 1.165) is 18.4 Å². The van der Waals surface area contributed by atoms with Gasteiger partial charge in [0.1, 0.15) is 0 Å². The monoisotopic (exact) mass is 284 g/mol. The summed E-state index contributed by atoms with van der Waals surface area (Å²) in [4.78, 5) is 11.7. The van der Waals surface area contributed by atoms with Crippen molar-refractivity contribution in [1.29, 1.82) is 0 Å². The van der Waals surface area contributed by atoms with Crippen molar-refractivity contribution in [1.82, 2.24) is 0 Å². The number of hydrogen-bond donors (Lipinski definition) is 1. The van der Waals surface area contributed by atoms with Crippen molar-refractivity contribution in [3.8, 4) is 0 Å². The maximum absolute atomic E-state index is 11.7. The second-order valence-corrected chi connectivity index (χ2v) is 7.93. The summed E-state index contributed by atoms with van der Waals surface area (Å²) in [7, 11) is 0. The molecule has 0 heterocycles. The van der Waals surface area contributed by atoms with Gasteiger partial charge in [0.05, 0.1) is 6.10 Å². The molecule has 0 amide bonds. The molecule has 0 aromatic rings. The van der Waals surface area contributed by atoms with E-state index in [9.17, 15) is 9.90 Å². The molecule has 0 bridgehead atoms. The zero-order valence-electron chi connectivity index (χ0n) is 12.9. The molecule has 0 saturated heterocycles. The van der Waals surface area contributed by atoms with Crippen LogP contribution in [-0.2, 0) is 4.79 Å². The molecule has 21 heavy (non-hydrogen) atoms. The van der Waals surface area contributed by atoms with Crippen molar-refractivity contribution < 1.29 is 9.90 Å². The average molecular weight is 284 g/mol. The Labute approximate surface area is 126 Å². The van der Waals surface area contributed by atoms with Gasteiger partial charge in [-0.1, -0.05) is 32.1 Å². The first-order chi connectivity index (χ1) is 9.94. The summed E-state index contributed by atoms with van der Waals surface area (Å²) >= 11 is 0. The first-order valence-electron chi connectivity index (χ1n) is 8.25. The Bertz CT molecular complexity index is 584. The number of fused-ring (bicyclic) bond motifs is 5. The molecule has 2 heteroatoms. The van der Waals surface area contributed by atoms with Gasteiger partial charge >= 0.3 is 0 Å². The summed E-state index contributed by atoms with van der Waals surface area (Å²) in [5.41, 5.74) is 1.16. The van der Waals surface area contributed by atoms with E-state index in [1.165, 1.54) is 12.8 Å². The SMILES string of the molecule is C[C@@]12C=CC[C@H]1[C@@H]1CC(O)C3=CC(=O)C=C[C@]3(C)[C@H]1CC2. The van der Waals surface area contributed by atoms with Crippen LogP contribution in [0.2, 0.25) is 0 Å². The van der Waals surface area contributed by atoms with Crippen LogP contribution in [0.15, 0.2) is 36.0 Å². The molecule has 0 aromatic carbocycles. The predicted octanol–water partition coefficient (Wildman–Crippen LogP) is 3.43. The highest BCUT2D eigenvalue weighted by Gasteiger charge is 2.56. The quantitative estimate of drug-likeness (QED) is 0.692. The lowest BCUT2D eigenvalue weighted by molar-refractivity contribution is -0.111. The summed E-state index contributed by atoms with van der Waals surface area (Å²) in [5.74, 6) is 1.82. The van der Waals surface area contributed by atoms with Gasteiger partial charge in [0.2, 0.25) is 0 Å². The molecule has 0 radical (unpaired) electrons. The lowest BCUT2D eigenvalue weighted by Gasteiger charge is -2.57. The van der Waals surface area contributed by atoms with Gasteiger partial charge in [0, 0.05) is 5.41 Å². The molecule has 0 aliphatic heterocycles. The molecule has 4 aliphatic carbocycles. The van der Waals surface area contributed by atoms with Crippen LogP contribution in [0.1, 0.15) is 39.5 Å². The van der Waals surface area contributed by atoms with Crippen LogP contribution < -0.4 is 0 Å². The van der Waals surface area contributed by atoms with Crippen molar-refractivity contribution in [2.45, 2.75) is 45.6 Å². The van der Waals surface area contributed by atoms with E-state index in [4.69, 9.17) is 0 Å². The van der Waals surface area contributed by atoms with Crippen LogP contribution in [0.5, 0.6) is 0 Å². The first-order valence-corrected chi connectivity index (χ1v) is 8.25. The van der Waals surface area contributed by atoms with Gasteiger partial charge in [-0.15, -0.1) is 0 Å². The topological polar surface area (TPSA) is 37.3 Å².